The van der Waals surface area contributed by atoms with E-state index in [1.165, 1.54) is 4.90 Å². The van der Waals surface area contributed by atoms with Gasteiger partial charge >= 0.3 is 0 Å². The molecule has 0 bridgehead atoms. The average molecular weight is 375 g/mol. The van der Waals surface area contributed by atoms with Crippen LogP contribution in [0.4, 0.5) is 0 Å². The van der Waals surface area contributed by atoms with Crippen molar-refractivity contribution < 1.29 is 14.2 Å². The van der Waals surface area contributed by atoms with Crippen LogP contribution in [0, 0.1) is 0 Å². The van der Waals surface area contributed by atoms with Gasteiger partial charge < -0.3 is 14.2 Å². The van der Waals surface area contributed by atoms with Crippen molar-refractivity contribution in [2.24, 2.45) is 0 Å². The van der Waals surface area contributed by atoms with Crippen molar-refractivity contribution in [3.63, 3.8) is 0 Å². The molecule has 0 radical (unpaired) electrons. The van der Waals surface area contributed by atoms with Gasteiger partial charge in [-0.2, -0.15) is 0 Å². The summed E-state index contributed by atoms with van der Waals surface area (Å²) in [5, 5.41) is 13.3. The van der Waals surface area contributed by atoms with Gasteiger partial charge in [0.25, 0.3) is 0 Å². The Morgan fingerprint density at radius 1 is 1.15 bits per heavy atom. The summed E-state index contributed by atoms with van der Waals surface area (Å²) in [7, 11) is 2.24. The number of hydrogen-bond acceptors (Lipinski definition) is 4. The van der Waals surface area contributed by atoms with E-state index < -0.39 is 0 Å². The van der Waals surface area contributed by atoms with Gasteiger partial charge in [0.05, 0.1) is 18.3 Å². The Balaban J connectivity index is 1.72. The summed E-state index contributed by atoms with van der Waals surface area (Å²) in [5.74, 6) is 1.65. The molecular weight excluding hydrogens is 352 g/mol. The molecule has 0 amide bonds. The topological polar surface area (TPSA) is 65.6 Å². The lowest BCUT2D eigenvalue weighted by Gasteiger charge is -2.33. The van der Waals surface area contributed by atoms with Gasteiger partial charge in [0, 0.05) is 5.56 Å². The highest BCUT2D eigenvalue weighted by Gasteiger charge is 2.36. The quantitative estimate of drug-likeness (QED) is 0.630. The maximum absolute atomic E-state index is 6.56. The molecule has 3 heterocycles. The Bertz CT molecular complexity index is 841. The SMILES string of the molecule is C[NH+]1CC[NH+]([C@H](c2ccccc2Cl)c2nnnn2Cc2ccco2)CC1. The highest BCUT2D eigenvalue weighted by molar-refractivity contribution is 6.31. The van der Waals surface area contributed by atoms with Gasteiger partial charge in [-0.05, 0) is 28.6 Å². The van der Waals surface area contributed by atoms with Crippen LogP contribution in [0.3, 0.4) is 0 Å². The van der Waals surface area contributed by atoms with Crippen LogP contribution >= 0.6 is 11.6 Å². The predicted molar refractivity (Wildman–Crippen MR) is 96.2 cm³/mol. The largest absolute Gasteiger partial charge is 0.467 e. The van der Waals surface area contributed by atoms with Crippen molar-refractivity contribution in [3.8, 4) is 0 Å². The molecule has 0 spiro atoms. The first kappa shape index (κ1) is 17.2. The molecule has 2 aromatic heterocycles. The van der Waals surface area contributed by atoms with E-state index in [2.05, 4.69) is 28.6 Å². The fourth-order valence-electron chi connectivity index (χ4n) is 3.62. The van der Waals surface area contributed by atoms with E-state index >= 15 is 0 Å². The lowest BCUT2D eigenvalue weighted by atomic mass is 10.0. The standard InChI is InChI=1S/C18H21ClN6O/c1-23-8-10-24(11-9-23)17(15-6-2-3-7-16(15)19)18-20-21-22-25(18)13-14-5-4-12-26-14/h2-7,12,17H,8-11,13H2,1H3/p+2/t17-/m1/s1. The summed E-state index contributed by atoms with van der Waals surface area (Å²) in [6.45, 7) is 4.85. The number of nitrogens with zero attached hydrogens (tertiary/aromatic N) is 4. The minimum absolute atomic E-state index is 0.00163. The van der Waals surface area contributed by atoms with E-state index in [1.807, 2.05) is 35.0 Å². The van der Waals surface area contributed by atoms with Gasteiger partial charge in [0.2, 0.25) is 5.82 Å². The average Bonchev–Trinajstić information content (AvgIpc) is 3.31. The first-order valence-electron chi connectivity index (χ1n) is 8.91. The number of piperazine rings is 1. The van der Waals surface area contributed by atoms with E-state index in [1.54, 1.807) is 11.2 Å². The molecule has 8 heteroatoms. The molecule has 3 aromatic rings. The normalized spacial score (nSPS) is 21.6. The summed E-state index contributed by atoms with van der Waals surface area (Å²) in [6, 6.07) is 11.8. The Morgan fingerprint density at radius 3 is 2.69 bits per heavy atom. The van der Waals surface area contributed by atoms with Crippen LogP contribution in [-0.4, -0.2) is 53.4 Å². The first-order chi connectivity index (χ1) is 12.7. The number of quaternary nitrogens is 2. The zero-order chi connectivity index (χ0) is 17.9. The van der Waals surface area contributed by atoms with Gasteiger partial charge in [-0.1, -0.05) is 29.8 Å². The van der Waals surface area contributed by atoms with Gasteiger partial charge in [-0.3, -0.25) is 0 Å². The molecule has 26 heavy (non-hydrogen) atoms. The maximum atomic E-state index is 6.56. The number of aromatic nitrogens is 4. The predicted octanol–water partition coefficient (Wildman–Crippen LogP) is -0.530. The minimum atomic E-state index is 0.00163. The summed E-state index contributed by atoms with van der Waals surface area (Å²) in [5.41, 5.74) is 1.07. The van der Waals surface area contributed by atoms with Gasteiger partial charge in [0.1, 0.15) is 38.5 Å². The Morgan fingerprint density at radius 2 is 1.96 bits per heavy atom. The molecule has 4 rings (SSSR count). The monoisotopic (exact) mass is 374 g/mol. The molecule has 1 atom stereocenters. The zero-order valence-corrected chi connectivity index (χ0v) is 15.5. The third kappa shape index (κ3) is 3.51. The van der Waals surface area contributed by atoms with Crippen molar-refractivity contribution in [1.29, 1.82) is 0 Å². The summed E-state index contributed by atoms with van der Waals surface area (Å²) < 4.78 is 7.30. The van der Waals surface area contributed by atoms with Crippen LogP contribution < -0.4 is 9.80 Å². The van der Waals surface area contributed by atoms with Gasteiger partial charge in [-0.25, -0.2) is 4.68 Å². The molecule has 1 fully saturated rings. The van der Waals surface area contributed by atoms with E-state index in [0.717, 1.165) is 48.3 Å². The van der Waals surface area contributed by atoms with Gasteiger partial charge in [0.15, 0.2) is 6.04 Å². The Hall–Kier alpha value is -2.22. The van der Waals surface area contributed by atoms with Crippen molar-refractivity contribution in [1.82, 2.24) is 20.2 Å². The highest BCUT2D eigenvalue weighted by Crippen LogP contribution is 2.25. The van der Waals surface area contributed by atoms with Crippen molar-refractivity contribution in [2.45, 2.75) is 12.6 Å². The number of rotatable bonds is 5. The van der Waals surface area contributed by atoms with Crippen molar-refractivity contribution in [3.05, 3.63) is 64.8 Å². The summed E-state index contributed by atoms with van der Waals surface area (Å²) in [4.78, 5) is 3.00. The Kier molecular flexibility index (Phi) is 5.01. The number of furan rings is 1. The molecule has 1 aliphatic heterocycles. The number of hydrogen-bond donors (Lipinski definition) is 2. The summed E-state index contributed by atoms with van der Waals surface area (Å²) >= 11 is 6.56. The van der Waals surface area contributed by atoms with Crippen LogP contribution in [0.1, 0.15) is 23.2 Å². The van der Waals surface area contributed by atoms with Crippen molar-refractivity contribution in [2.75, 3.05) is 33.2 Å². The Labute approximate surface area is 157 Å². The molecule has 0 saturated carbocycles. The third-order valence-electron chi connectivity index (χ3n) is 5.07. The number of likely N-dealkylation sites (N-methyl/N-ethyl adjacent to an activating group) is 1. The van der Waals surface area contributed by atoms with Crippen molar-refractivity contribution >= 4 is 11.6 Å². The molecule has 1 saturated heterocycles. The second-order valence-electron chi connectivity index (χ2n) is 6.84. The molecule has 0 aliphatic carbocycles. The lowest BCUT2D eigenvalue weighted by molar-refractivity contribution is -1.02. The molecule has 7 nitrogen and oxygen atoms in total. The molecular formula is C18H23ClN6O+2. The molecule has 136 valence electrons. The van der Waals surface area contributed by atoms with Crippen LogP contribution in [0.15, 0.2) is 47.1 Å². The van der Waals surface area contributed by atoms with E-state index in [4.69, 9.17) is 16.0 Å². The van der Waals surface area contributed by atoms with Crippen LogP contribution in [0.5, 0.6) is 0 Å². The number of tetrazole rings is 1. The zero-order valence-electron chi connectivity index (χ0n) is 14.7. The van der Waals surface area contributed by atoms with Gasteiger partial charge in [-0.15, -0.1) is 5.10 Å². The second-order valence-corrected chi connectivity index (χ2v) is 7.25. The third-order valence-corrected chi connectivity index (χ3v) is 5.42. The fraction of sp³-hybridized carbons (Fsp3) is 0.389. The second kappa shape index (κ2) is 7.57. The van der Waals surface area contributed by atoms with Crippen LogP contribution in [-0.2, 0) is 6.54 Å². The maximum Gasteiger partial charge on any atom is 0.214 e. The van der Waals surface area contributed by atoms with E-state index in [9.17, 15) is 0 Å². The number of halogens is 1. The van der Waals surface area contributed by atoms with E-state index in [0.29, 0.717) is 6.54 Å². The fourth-order valence-corrected chi connectivity index (χ4v) is 3.86. The van der Waals surface area contributed by atoms with E-state index in [-0.39, 0.29) is 6.04 Å². The number of benzene rings is 1. The smallest absolute Gasteiger partial charge is 0.214 e. The van der Waals surface area contributed by atoms with Crippen LogP contribution in [0.25, 0.3) is 0 Å². The highest BCUT2D eigenvalue weighted by atomic mass is 35.5. The molecule has 1 aromatic carbocycles. The summed E-state index contributed by atoms with van der Waals surface area (Å²) in [6.07, 6.45) is 1.67. The first-order valence-corrected chi connectivity index (χ1v) is 9.29. The lowest BCUT2D eigenvalue weighted by Crippen LogP contribution is -3.27. The number of nitrogens with one attached hydrogen (secondary N) is 2. The minimum Gasteiger partial charge on any atom is -0.467 e. The molecule has 2 N–H and O–H groups in total. The van der Waals surface area contributed by atoms with Crippen LogP contribution in [0.2, 0.25) is 5.02 Å². The molecule has 0 unspecified atom stereocenters. The molecule has 1 aliphatic rings.